The van der Waals surface area contributed by atoms with Gasteiger partial charge in [-0.2, -0.15) is 0 Å². The Morgan fingerprint density at radius 1 is 1.03 bits per heavy atom. The molecule has 0 unspecified atom stereocenters. The number of nitrogens with zero attached hydrogens (tertiary/aromatic N) is 4. The van der Waals surface area contributed by atoms with Gasteiger partial charge in [0.1, 0.15) is 5.82 Å². The minimum absolute atomic E-state index is 0.0736. The van der Waals surface area contributed by atoms with Gasteiger partial charge in [-0.15, -0.1) is 0 Å². The number of likely N-dealkylation sites (tertiary alicyclic amines) is 2. The Morgan fingerprint density at radius 3 is 2.60 bits per heavy atom. The quantitative estimate of drug-likeness (QED) is 0.786. The summed E-state index contributed by atoms with van der Waals surface area (Å²) < 4.78 is 1.84. The van der Waals surface area contributed by atoms with Crippen LogP contribution in [0.2, 0.25) is 0 Å². The minimum Gasteiger partial charge on any atom is -0.369 e. The SMILES string of the molecule is NC(=O)[C@@H]1CCCN(CC(=O)N2CCC(c3cc(=O)n4c(n3)CCCCC4)CC2)C1. The maximum Gasteiger partial charge on any atom is 0.253 e. The normalized spacial score (nSPS) is 23.6. The van der Waals surface area contributed by atoms with E-state index in [0.29, 0.717) is 26.2 Å². The summed E-state index contributed by atoms with van der Waals surface area (Å²) in [5.41, 5.74) is 6.42. The fourth-order valence-electron chi connectivity index (χ4n) is 5.09. The smallest absolute Gasteiger partial charge is 0.253 e. The largest absolute Gasteiger partial charge is 0.369 e. The number of amides is 2. The van der Waals surface area contributed by atoms with E-state index < -0.39 is 0 Å². The topological polar surface area (TPSA) is 102 Å². The lowest BCUT2D eigenvalue weighted by atomic mass is 9.93. The van der Waals surface area contributed by atoms with Crippen molar-refractivity contribution >= 4 is 11.8 Å². The van der Waals surface area contributed by atoms with Crippen LogP contribution in [0.3, 0.4) is 0 Å². The van der Waals surface area contributed by atoms with Gasteiger partial charge in [-0.3, -0.25) is 23.9 Å². The van der Waals surface area contributed by atoms with Crippen molar-refractivity contribution in [3.63, 3.8) is 0 Å². The summed E-state index contributed by atoms with van der Waals surface area (Å²) in [5.74, 6) is 0.883. The van der Waals surface area contributed by atoms with E-state index >= 15 is 0 Å². The molecule has 0 radical (unpaired) electrons. The second-order valence-corrected chi connectivity index (χ2v) is 9.03. The zero-order valence-corrected chi connectivity index (χ0v) is 17.7. The second-order valence-electron chi connectivity index (χ2n) is 9.03. The zero-order chi connectivity index (χ0) is 21.1. The van der Waals surface area contributed by atoms with E-state index in [4.69, 9.17) is 10.7 Å². The number of hydrogen-bond acceptors (Lipinski definition) is 5. The van der Waals surface area contributed by atoms with Crippen molar-refractivity contribution in [3.05, 3.63) is 27.9 Å². The van der Waals surface area contributed by atoms with Gasteiger partial charge in [-0.25, -0.2) is 4.98 Å². The molecule has 4 heterocycles. The Morgan fingerprint density at radius 2 is 1.83 bits per heavy atom. The summed E-state index contributed by atoms with van der Waals surface area (Å²) in [6.07, 6.45) is 7.57. The van der Waals surface area contributed by atoms with E-state index in [1.54, 1.807) is 6.07 Å². The van der Waals surface area contributed by atoms with Gasteiger partial charge in [-0.05, 0) is 45.1 Å². The summed E-state index contributed by atoms with van der Waals surface area (Å²) in [4.78, 5) is 45.6. The molecule has 8 nitrogen and oxygen atoms in total. The van der Waals surface area contributed by atoms with Gasteiger partial charge < -0.3 is 10.6 Å². The van der Waals surface area contributed by atoms with E-state index in [1.165, 1.54) is 0 Å². The van der Waals surface area contributed by atoms with Crippen molar-refractivity contribution in [3.8, 4) is 0 Å². The van der Waals surface area contributed by atoms with Gasteiger partial charge in [-0.1, -0.05) is 6.42 Å². The highest BCUT2D eigenvalue weighted by Gasteiger charge is 2.29. The van der Waals surface area contributed by atoms with Crippen molar-refractivity contribution in [2.24, 2.45) is 11.7 Å². The molecule has 1 aromatic rings. The molecule has 0 aliphatic carbocycles. The number of primary amides is 1. The first kappa shape index (κ1) is 21.0. The number of carbonyl (C=O) groups excluding carboxylic acids is 2. The van der Waals surface area contributed by atoms with E-state index in [-0.39, 0.29) is 29.2 Å². The number of fused-ring (bicyclic) bond motifs is 1. The van der Waals surface area contributed by atoms with Crippen LogP contribution in [0.4, 0.5) is 0 Å². The van der Waals surface area contributed by atoms with Crippen molar-refractivity contribution in [1.82, 2.24) is 19.4 Å². The van der Waals surface area contributed by atoms with Gasteiger partial charge in [0, 0.05) is 44.6 Å². The van der Waals surface area contributed by atoms with Crippen LogP contribution >= 0.6 is 0 Å². The van der Waals surface area contributed by atoms with E-state index in [0.717, 1.165) is 76.0 Å². The third-order valence-electron chi connectivity index (χ3n) is 6.92. The molecule has 1 atom stereocenters. The lowest BCUT2D eigenvalue weighted by Crippen LogP contribution is -2.48. The van der Waals surface area contributed by atoms with Crippen LogP contribution in [0.15, 0.2) is 10.9 Å². The first-order valence-corrected chi connectivity index (χ1v) is 11.4. The van der Waals surface area contributed by atoms with E-state index in [9.17, 15) is 14.4 Å². The second kappa shape index (κ2) is 9.29. The molecule has 2 N–H and O–H groups in total. The van der Waals surface area contributed by atoms with Gasteiger partial charge in [0.05, 0.1) is 18.2 Å². The highest BCUT2D eigenvalue weighted by molar-refractivity contribution is 5.79. The van der Waals surface area contributed by atoms with Gasteiger partial charge in [0.25, 0.3) is 5.56 Å². The average Bonchev–Trinajstić information content (AvgIpc) is 3.00. The van der Waals surface area contributed by atoms with Crippen LogP contribution in [0, 0.1) is 5.92 Å². The predicted molar refractivity (Wildman–Crippen MR) is 113 cm³/mol. The first-order chi connectivity index (χ1) is 14.5. The summed E-state index contributed by atoms with van der Waals surface area (Å²) >= 11 is 0. The molecule has 2 amide bonds. The van der Waals surface area contributed by atoms with Crippen molar-refractivity contribution < 1.29 is 9.59 Å². The van der Waals surface area contributed by atoms with Crippen LogP contribution < -0.4 is 11.3 Å². The maximum atomic E-state index is 12.8. The van der Waals surface area contributed by atoms with Gasteiger partial charge in [0.2, 0.25) is 11.8 Å². The molecular weight excluding hydrogens is 382 g/mol. The van der Waals surface area contributed by atoms with Crippen molar-refractivity contribution in [2.75, 3.05) is 32.7 Å². The lowest BCUT2D eigenvalue weighted by molar-refractivity contribution is -0.135. The predicted octanol–water partition coefficient (Wildman–Crippen LogP) is 0.873. The van der Waals surface area contributed by atoms with Crippen LogP contribution in [-0.4, -0.2) is 63.9 Å². The number of aromatic nitrogens is 2. The molecule has 0 aromatic carbocycles. The Bertz CT molecular complexity index is 844. The number of piperidine rings is 2. The van der Waals surface area contributed by atoms with E-state index in [2.05, 4.69) is 4.90 Å². The molecule has 0 bridgehead atoms. The number of carbonyl (C=O) groups is 2. The van der Waals surface area contributed by atoms with E-state index in [1.807, 2.05) is 9.47 Å². The Labute approximate surface area is 177 Å². The van der Waals surface area contributed by atoms with Crippen LogP contribution in [0.25, 0.3) is 0 Å². The molecule has 8 heteroatoms. The fraction of sp³-hybridized carbons (Fsp3) is 0.727. The Balaban J connectivity index is 1.33. The third-order valence-corrected chi connectivity index (χ3v) is 6.92. The van der Waals surface area contributed by atoms with Gasteiger partial charge in [0.15, 0.2) is 0 Å². The highest BCUT2D eigenvalue weighted by atomic mass is 16.2. The maximum absolute atomic E-state index is 12.8. The minimum atomic E-state index is -0.267. The molecule has 0 spiro atoms. The number of rotatable bonds is 4. The molecule has 2 fully saturated rings. The fourth-order valence-corrected chi connectivity index (χ4v) is 5.09. The Hall–Kier alpha value is -2.22. The lowest BCUT2D eigenvalue weighted by Gasteiger charge is -2.35. The summed E-state index contributed by atoms with van der Waals surface area (Å²) in [5, 5.41) is 0. The van der Waals surface area contributed by atoms with Gasteiger partial charge >= 0.3 is 0 Å². The summed E-state index contributed by atoms with van der Waals surface area (Å²) in [6.45, 7) is 3.94. The van der Waals surface area contributed by atoms with Crippen molar-refractivity contribution in [1.29, 1.82) is 0 Å². The molecule has 0 saturated carbocycles. The molecule has 3 aliphatic heterocycles. The zero-order valence-electron chi connectivity index (χ0n) is 17.7. The Kier molecular flexibility index (Phi) is 6.51. The molecule has 164 valence electrons. The molecule has 1 aromatic heterocycles. The summed E-state index contributed by atoms with van der Waals surface area (Å²) in [6, 6.07) is 1.72. The molecule has 30 heavy (non-hydrogen) atoms. The monoisotopic (exact) mass is 415 g/mol. The molecular formula is C22H33N5O3. The molecule has 2 saturated heterocycles. The number of nitrogens with two attached hydrogens (primary N) is 1. The standard InChI is InChI=1S/C22H33N5O3/c23-22(30)17-5-4-9-25(14-17)15-21(29)26-11-7-16(8-12-26)18-13-20(28)27-10-3-1-2-6-19(27)24-18/h13,16-17H,1-12,14-15H2,(H2,23,30)/t17-/m1/s1. The average molecular weight is 416 g/mol. The van der Waals surface area contributed by atoms with Crippen LogP contribution in [-0.2, 0) is 22.6 Å². The molecule has 3 aliphatic rings. The molecule has 4 rings (SSSR count). The third kappa shape index (κ3) is 4.74. The first-order valence-electron chi connectivity index (χ1n) is 11.4. The summed E-state index contributed by atoms with van der Waals surface area (Å²) in [7, 11) is 0. The van der Waals surface area contributed by atoms with Crippen molar-refractivity contribution in [2.45, 2.75) is 63.8 Å². The van der Waals surface area contributed by atoms with Crippen LogP contribution in [0.1, 0.15) is 62.4 Å². The number of hydrogen-bond donors (Lipinski definition) is 1. The number of aryl methyl sites for hydroxylation is 1. The highest BCUT2D eigenvalue weighted by Crippen LogP contribution is 2.27. The van der Waals surface area contributed by atoms with Crippen LogP contribution in [0.5, 0.6) is 0 Å².